The maximum Gasteiger partial charge on any atom is 0.283 e. The Morgan fingerprint density at radius 3 is 2.84 bits per heavy atom. The molecule has 0 saturated carbocycles. The molecule has 1 aliphatic carbocycles. The lowest BCUT2D eigenvalue weighted by molar-refractivity contribution is -0.117. The summed E-state index contributed by atoms with van der Waals surface area (Å²) in [5, 5.41) is 2.98. The van der Waals surface area contributed by atoms with E-state index in [4.69, 9.17) is 0 Å². The Morgan fingerprint density at radius 1 is 1.25 bits per heavy atom. The Morgan fingerprint density at radius 2 is 2.06 bits per heavy atom. The maximum atomic E-state index is 12.6. The van der Waals surface area contributed by atoms with Crippen LogP contribution in [-0.2, 0) is 9.59 Å². The molecule has 1 fully saturated rings. The lowest BCUT2D eigenvalue weighted by Crippen LogP contribution is -2.32. The number of amides is 2. The fourth-order valence-corrected chi connectivity index (χ4v) is 5.27. The molecular formula is C26H31N3O2S. The van der Waals surface area contributed by atoms with Crippen LogP contribution in [0.4, 0.5) is 0 Å². The minimum atomic E-state index is -0.244. The first-order valence-electron chi connectivity index (χ1n) is 11.6. The lowest BCUT2D eigenvalue weighted by atomic mass is 10.0. The van der Waals surface area contributed by atoms with Crippen molar-refractivity contribution in [3.63, 3.8) is 0 Å². The van der Waals surface area contributed by atoms with Crippen molar-refractivity contribution in [1.29, 1.82) is 0 Å². The Hall–Kier alpha value is -2.44. The van der Waals surface area contributed by atoms with Crippen molar-refractivity contribution in [1.82, 2.24) is 10.2 Å². The maximum absolute atomic E-state index is 12.6. The number of hydrogen-bond donors (Lipinski definition) is 1. The first-order valence-corrected chi connectivity index (χ1v) is 12.4. The number of nitrogens with zero attached hydrogens (tertiary/aromatic N) is 2. The predicted octanol–water partition coefficient (Wildman–Crippen LogP) is 4.30. The van der Waals surface area contributed by atoms with Gasteiger partial charge in [0, 0.05) is 12.1 Å². The largest absolute Gasteiger partial charge is 0.352 e. The molecule has 32 heavy (non-hydrogen) atoms. The number of aliphatic imine (C=N–C) groups is 1. The number of likely N-dealkylation sites (tertiary alicyclic amines) is 1. The number of benzene rings is 1. The fourth-order valence-electron chi connectivity index (χ4n) is 4.25. The average Bonchev–Trinajstić information content (AvgIpc) is 3.06. The van der Waals surface area contributed by atoms with Gasteiger partial charge in [-0.3, -0.25) is 9.59 Å². The number of carbonyl (C=O) groups is 2. The molecule has 6 heteroatoms. The molecule has 2 heterocycles. The molecular weight excluding hydrogens is 418 g/mol. The molecule has 1 unspecified atom stereocenters. The van der Waals surface area contributed by atoms with Crippen LogP contribution in [0.2, 0.25) is 0 Å². The first kappa shape index (κ1) is 22.7. The third-order valence-electron chi connectivity index (χ3n) is 5.98. The second kappa shape index (κ2) is 10.9. The van der Waals surface area contributed by atoms with E-state index < -0.39 is 0 Å². The highest BCUT2D eigenvalue weighted by Crippen LogP contribution is 2.34. The summed E-state index contributed by atoms with van der Waals surface area (Å²) in [5.41, 5.74) is 3.36. The summed E-state index contributed by atoms with van der Waals surface area (Å²) in [7, 11) is 0. The molecule has 1 saturated heterocycles. The molecule has 1 aromatic carbocycles. The van der Waals surface area contributed by atoms with Crippen molar-refractivity contribution < 1.29 is 9.59 Å². The van der Waals surface area contributed by atoms with Crippen molar-refractivity contribution in [2.24, 2.45) is 4.99 Å². The number of carbonyl (C=O) groups excluding carboxylic acids is 2. The lowest BCUT2D eigenvalue weighted by Gasteiger charge is -2.22. The van der Waals surface area contributed by atoms with Crippen molar-refractivity contribution in [2.45, 2.75) is 44.3 Å². The SMILES string of the molecule is Cc1cccc(/C=C2/SC3C=CC(C(=O)NCCCN4CCCCCC4)=CC3=NC2=O)c1. The highest BCUT2D eigenvalue weighted by atomic mass is 32.2. The van der Waals surface area contributed by atoms with E-state index >= 15 is 0 Å². The van der Waals surface area contributed by atoms with Crippen LogP contribution in [0.1, 0.15) is 43.2 Å². The van der Waals surface area contributed by atoms with Crippen LogP contribution in [0.5, 0.6) is 0 Å². The molecule has 0 radical (unpaired) electrons. The second-order valence-electron chi connectivity index (χ2n) is 8.63. The molecule has 1 aromatic rings. The number of rotatable bonds is 6. The van der Waals surface area contributed by atoms with Gasteiger partial charge in [0.2, 0.25) is 0 Å². The third-order valence-corrected chi connectivity index (χ3v) is 7.18. The van der Waals surface area contributed by atoms with Gasteiger partial charge in [-0.05, 0) is 63.5 Å². The van der Waals surface area contributed by atoms with Crippen LogP contribution in [0.15, 0.2) is 58.0 Å². The van der Waals surface area contributed by atoms with Gasteiger partial charge in [0.05, 0.1) is 15.9 Å². The molecule has 3 aliphatic rings. The highest BCUT2D eigenvalue weighted by molar-refractivity contribution is 8.05. The summed E-state index contributed by atoms with van der Waals surface area (Å²) in [6.07, 6.45) is 13.7. The van der Waals surface area contributed by atoms with Gasteiger partial charge < -0.3 is 10.2 Å². The smallest absolute Gasteiger partial charge is 0.283 e. The van der Waals surface area contributed by atoms with Gasteiger partial charge in [-0.25, -0.2) is 4.99 Å². The minimum absolute atomic E-state index is 0.0386. The van der Waals surface area contributed by atoms with E-state index in [0.717, 1.165) is 24.1 Å². The monoisotopic (exact) mass is 449 g/mol. The van der Waals surface area contributed by atoms with Crippen LogP contribution in [0.3, 0.4) is 0 Å². The van der Waals surface area contributed by atoms with Crippen LogP contribution in [0, 0.1) is 6.92 Å². The average molecular weight is 450 g/mol. The molecule has 4 rings (SSSR count). The van der Waals surface area contributed by atoms with Crippen molar-refractivity contribution >= 4 is 35.4 Å². The van der Waals surface area contributed by atoms with E-state index in [1.54, 1.807) is 6.08 Å². The van der Waals surface area contributed by atoms with Gasteiger partial charge in [0.15, 0.2) is 0 Å². The van der Waals surface area contributed by atoms with Crippen LogP contribution >= 0.6 is 11.8 Å². The summed E-state index contributed by atoms with van der Waals surface area (Å²) >= 11 is 1.49. The Labute approximate surface area is 194 Å². The van der Waals surface area contributed by atoms with Gasteiger partial charge in [0.25, 0.3) is 11.8 Å². The summed E-state index contributed by atoms with van der Waals surface area (Å²) < 4.78 is 0. The van der Waals surface area contributed by atoms with Crippen molar-refractivity contribution in [2.75, 3.05) is 26.2 Å². The highest BCUT2D eigenvalue weighted by Gasteiger charge is 2.28. The molecule has 2 aliphatic heterocycles. The molecule has 5 nitrogen and oxygen atoms in total. The normalized spacial score (nSPS) is 22.7. The van der Waals surface area contributed by atoms with Crippen molar-refractivity contribution in [3.8, 4) is 0 Å². The topological polar surface area (TPSA) is 61.8 Å². The van der Waals surface area contributed by atoms with Gasteiger partial charge in [-0.2, -0.15) is 0 Å². The van der Waals surface area contributed by atoms with Crippen LogP contribution in [0.25, 0.3) is 6.08 Å². The summed E-state index contributed by atoms with van der Waals surface area (Å²) in [6, 6.07) is 8.05. The number of fused-ring (bicyclic) bond motifs is 1. The second-order valence-corrected chi connectivity index (χ2v) is 9.81. The van der Waals surface area contributed by atoms with Gasteiger partial charge >= 0.3 is 0 Å². The standard InChI is InChI=1S/C26H31N3O2S/c1-19-8-6-9-20(16-19)17-24-26(31)28-22-18-21(10-11-23(22)32-24)25(30)27-12-7-15-29-13-4-2-3-5-14-29/h6,8-11,16-18,23H,2-5,7,12-15H2,1H3,(H,27,30)/b24-17+. The predicted molar refractivity (Wildman–Crippen MR) is 133 cm³/mol. The zero-order chi connectivity index (χ0) is 22.3. The Bertz CT molecular complexity index is 985. The molecule has 0 bridgehead atoms. The molecule has 168 valence electrons. The van der Waals surface area contributed by atoms with E-state index in [9.17, 15) is 9.59 Å². The molecule has 1 N–H and O–H groups in total. The third kappa shape index (κ3) is 6.08. The fraction of sp³-hybridized carbons (Fsp3) is 0.423. The number of nitrogens with one attached hydrogen (secondary N) is 1. The molecule has 1 atom stereocenters. The number of thioether (sulfide) groups is 1. The van der Waals surface area contributed by atoms with Crippen LogP contribution in [-0.4, -0.2) is 53.9 Å². The van der Waals surface area contributed by atoms with E-state index in [-0.39, 0.29) is 17.1 Å². The zero-order valence-electron chi connectivity index (χ0n) is 18.7. The van der Waals surface area contributed by atoms with Gasteiger partial charge in [-0.15, -0.1) is 11.8 Å². The Balaban J connectivity index is 1.32. The van der Waals surface area contributed by atoms with E-state index in [0.29, 0.717) is 22.7 Å². The van der Waals surface area contributed by atoms with Crippen molar-refractivity contribution in [3.05, 3.63) is 64.1 Å². The van der Waals surface area contributed by atoms with Crippen LogP contribution < -0.4 is 5.32 Å². The molecule has 2 amide bonds. The van der Waals surface area contributed by atoms with Gasteiger partial charge in [0.1, 0.15) is 0 Å². The minimum Gasteiger partial charge on any atom is -0.352 e. The Kier molecular flexibility index (Phi) is 7.76. The number of aryl methyl sites for hydroxylation is 1. The number of hydrogen-bond acceptors (Lipinski definition) is 4. The quantitative estimate of drug-likeness (QED) is 0.520. The zero-order valence-corrected chi connectivity index (χ0v) is 19.5. The number of allylic oxidation sites excluding steroid dienone is 1. The van der Waals surface area contributed by atoms with E-state index in [1.807, 2.05) is 49.4 Å². The van der Waals surface area contributed by atoms with E-state index in [2.05, 4.69) is 15.2 Å². The first-order chi connectivity index (χ1) is 15.6. The summed E-state index contributed by atoms with van der Waals surface area (Å²) in [6.45, 7) is 6.08. The van der Waals surface area contributed by atoms with Gasteiger partial charge in [-0.1, -0.05) is 54.8 Å². The summed E-state index contributed by atoms with van der Waals surface area (Å²) in [4.78, 5) is 32.6. The summed E-state index contributed by atoms with van der Waals surface area (Å²) in [5.74, 6) is -0.344. The molecule has 0 aromatic heterocycles. The van der Waals surface area contributed by atoms with E-state index in [1.165, 1.54) is 50.5 Å². The molecule has 0 spiro atoms.